The summed E-state index contributed by atoms with van der Waals surface area (Å²) in [4.78, 5) is 8.35. The van der Waals surface area contributed by atoms with E-state index in [1.165, 1.54) is 11.1 Å². The van der Waals surface area contributed by atoms with Gasteiger partial charge in [0.25, 0.3) is 0 Å². The summed E-state index contributed by atoms with van der Waals surface area (Å²) < 4.78 is 7.44. The van der Waals surface area contributed by atoms with Crippen molar-refractivity contribution < 1.29 is 4.74 Å². The minimum absolute atomic E-state index is 0. The van der Waals surface area contributed by atoms with Crippen LogP contribution < -0.4 is 15.4 Å². The van der Waals surface area contributed by atoms with Crippen LogP contribution in [0.3, 0.4) is 0 Å². The Kier molecular flexibility index (Phi) is 8.80. The van der Waals surface area contributed by atoms with Crippen molar-refractivity contribution in [2.45, 2.75) is 19.6 Å². The molecule has 28 heavy (non-hydrogen) atoms. The fourth-order valence-electron chi connectivity index (χ4n) is 2.79. The van der Waals surface area contributed by atoms with Crippen molar-refractivity contribution in [3.05, 3.63) is 83.9 Å². The predicted octanol–water partition coefficient (Wildman–Crippen LogP) is 3.42. The second-order valence-corrected chi connectivity index (χ2v) is 6.14. The number of ether oxygens (including phenoxy) is 1. The average Bonchev–Trinajstić information content (AvgIpc) is 3.22. The first-order valence-electron chi connectivity index (χ1n) is 8.88. The molecule has 2 aromatic carbocycles. The molecule has 1 heterocycles. The molecule has 0 aliphatic rings. The zero-order valence-electron chi connectivity index (χ0n) is 16.1. The maximum atomic E-state index is 5.38. The molecule has 1 aromatic heterocycles. The highest BCUT2D eigenvalue weighted by molar-refractivity contribution is 14.0. The summed E-state index contributed by atoms with van der Waals surface area (Å²) in [5.41, 5.74) is 3.53. The van der Waals surface area contributed by atoms with Crippen molar-refractivity contribution in [1.29, 1.82) is 0 Å². The van der Waals surface area contributed by atoms with Crippen LogP contribution in [0, 0.1) is 0 Å². The third kappa shape index (κ3) is 6.26. The van der Waals surface area contributed by atoms with Gasteiger partial charge < -0.3 is 19.9 Å². The number of rotatable bonds is 7. The molecule has 0 saturated carbocycles. The summed E-state index contributed by atoms with van der Waals surface area (Å²) in [7, 11) is 3.45. The number of halogens is 1. The summed E-state index contributed by atoms with van der Waals surface area (Å²) >= 11 is 0. The normalized spacial score (nSPS) is 10.9. The number of aromatic nitrogens is 2. The van der Waals surface area contributed by atoms with Gasteiger partial charge in [0, 0.05) is 44.6 Å². The highest BCUT2D eigenvalue weighted by Gasteiger charge is 2.04. The van der Waals surface area contributed by atoms with Crippen molar-refractivity contribution in [3.63, 3.8) is 0 Å². The van der Waals surface area contributed by atoms with Crippen LogP contribution >= 0.6 is 24.0 Å². The molecule has 0 atom stereocenters. The molecular weight excluding hydrogens is 465 g/mol. The highest BCUT2D eigenvalue weighted by atomic mass is 127. The van der Waals surface area contributed by atoms with Crippen LogP contribution in [0.5, 0.6) is 5.75 Å². The van der Waals surface area contributed by atoms with E-state index < -0.39 is 0 Å². The molecule has 0 bridgehead atoms. The van der Waals surface area contributed by atoms with Crippen LogP contribution in [0.4, 0.5) is 0 Å². The minimum Gasteiger partial charge on any atom is -0.496 e. The summed E-state index contributed by atoms with van der Waals surface area (Å²) in [6.07, 6.45) is 5.58. The van der Waals surface area contributed by atoms with Gasteiger partial charge in [-0.15, -0.1) is 24.0 Å². The fourth-order valence-corrected chi connectivity index (χ4v) is 2.79. The molecule has 0 radical (unpaired) electrons. The number of hydrogen-bond acceptors (Lipinski definition) is 3. The van der Waals surface area contributed by atoms with Crippen molar-refractivity contribution in [3.8, 4) is 5.75 Å². The fraction of sp³-hybridized carbons (Fsp3) is 0.238. The van der Waals surface area contributed by atoms with Crippen molar-refractivity contribution in [2.75, 3.05) is 14.2 Å². The van der Waals surface area contributed by atoms with Gasteiger partial charge in [0.1, 0.15) is 5.75 Å². The first kappa shape index (κ1) is 21.7. The van der Waals surface area contributed by atoms with Gasteiger partial charge in [-0.1, -0.05) is 42.5 Å². The molecule has 7 heteroatoms. The largest absolute Gasteiger partial charge is 0.496 e. The minimum atomic E-state index is 0. The number of methoxy groups -OCH3 is 1. The van der Waals surface area contributed by atoms with Gasteiger partial charge in [0.15, 0.2) is 5.96 Å². The zero-order chi connectivity index (χ0) is 18.9. The Hall–Kier alpha value is -2.55. The van der Waals surface area contributed by atoms with Crippen LogP contribution in [0.1, 0.15) is 16.7 Å². The number of benzene rings is 2. The number of nitrogens with one attached hydrogen (secondary N) is 2. The van der Waals surface area contributed by atoms with Gasteiger partial charge in [-0.2, -0.15) is 0 Å². The molecule has 0 aliphatic heterocycles. The first-order chi connectivity index (χ1) is 13.3. The molecular formula is C21H26IN5O. The lowest BCUT2D eigenvalue weighted by Gasteiger charge is -2.14. The second-order valence-electron chi connectivity index (χ2n) is 6.14. The number of para-hydroxylation sites is 1. The molecule has 0 saturated heterocycles. The van der Waals surface area contributed by atoms with Gasteiger partial charge in [0.2, 0.25) is 0 Å². The Morgan fingerprint density at radius 1 is 1.04 bits per heavy atom. The molecule has 0 spiro atoms. The quantitative estimate of drug-likeness (QED) is 0.302. The van der Waals surface area contributed by atoms with Gasteiger partial charge in [-0.3, -0.25) is 4.99 Å². The molecule has 6 nitrogen and oxygen atoms in total. The molecule has 2 N–H and O–H groups in total. The molecule has 0 amide bonds. The highest BCUT2D eigenvalue weighted by Crippen LogP contribution is 2.16. The third-order valence-electron chi connectivity index (χ3n) is 4.27. The van der Waals surface area contributed by atoms with Gasteiger partial charge in [-0.25, -0.2) is 4.98 Å². The number of aliphatic imine (C=N–C) groups is 1. The van der Waals surface area contributed by atoms with Gasteiger partial charge in [0.05, 0.1) is 13.4 Å². The topological polar surface area (TPSA) is 63.5 Å². The van der Waals surface area contributed by atoms with Crippen LogP contribution in [0.2, 0.25) is 0 Å². The van der Waals surface area contributed by atoms with E-state index in [0.29, 0.717) is 13.1 Å². The standard InChI is InChI=1S/C21H25N5O.HI/c1-22-21(25-14-19-5-3-4-6-20(19)27-2)24-13-17-7-9-18(10-8-17)15-26-12-11-23-16-26;/h3-12,16H,13-15H2,1-2H3,(H2,22,24,25);1H. The first-order valence-corrected chi connectivity index (χ1v) is 8.88. The van der Waals surface area contributed by atoms with E-state index in [4.69, 9.17) is 4.74 Å². The van der Waals surface area contributed by atoms with Crippen LogP contribution in [-0.2, 0) is 19.6 Å². The zero-order valence-corrected chi connectivity index (χ0v) is 18.5. The second kappa shape index (κ2) is 11.3. The molecule has 3 rings (SSSR count). The monoisotopic (exact) mass is 491 g/mol. The lowest BCUT2D eigenvalue weighted by Crippen LogP contribution is -2.36. The van der Waals surface area contributed by atoms with Gasteiger partial charge in [-0.05, 0) is 17.2 Å². The summed E-state index contributed by atoms with van der Waals surface area (Å²) in [6, 6.07) is 16.5. The SMILES string of the molecule is CN=C(NCc1ccc(Cn2ccnc2)cc1)NCc1ccccc1OC.I. The van der Waals surface area contributed by atoms with E-state index >= 15 is 0 Å². The van der Waals surface area contributed by atoms with E-state index in [0.717, 1.165) is 23.8 Å². The molecule has 0 fully saturated rings. The lowest BCUT2D eigenvalue weighted by atomic mass is 10.1. The van der Waals surface area contributed by atoms with Crippen molar-refractivity contribution in [1.82, 2.24) is 20.2 Å². The Labute approximate surface area is 183 Å². The molecule has 148 valence electrons. The van der Waals surface area contributed by atoms with E-state index in [1.54, 1.807) is 20.4 Å². The lowest BCUT2D eigenvalue weighted by molar-refractivity contribution is 0.409. The van der Waals surface area contributed by atoms with Crippen LogP contribution in [0.25, 0.3) is 0 Å². The number of nitrogens with zero attached hydrogens (tertiary/aromatic N) is 3. The smallest absolute Gasteiger partial charge is 0.191 e. The van der Waals surface area contributed by atoms with Crippen LogP contribution in [-0.4, -0.2) is 29.7 Å². The van der Waals surface area contributed by atoms with Crippen LogP contribution in [0.15, 0.2) is 72.2 Å². The predicted molar refractivity (Wildman–Crippen MR) is 123 cm³/mol. The number of imidazole rings is 1. The number of hydrogen-bond donors (Lipinski definition) is 2. The third-order valence-corrected chi connectivity index (χ3v) is 4.27. The summed E-state index contributed by atoms with van der Waals surface area (Å²) in [6.45, 7) is 2.18. The summed E-state index contributed by atoms with van der Waals surface area (Å²) in [5.74, 6) is 1.62. The Balaban J connectivity index is 0.00000280. The average molecular weight is 491 g/mol. The van der Waals surface area contributed by atoms with E-state index in [1.807, 2.05) is 36.8 Å². The Bertz CT molecular complexity index is 863. The molecule has 0 unspecified atom stereocenters. The Morgan fingerprint density at radius 3 is 2.43 bits per heavy atom. The van der Waals surface area contributed by atoms with E-state index in [-0.39, 0.29) is 24.0 Å². The van der Waals surface area contributed by atoms with E-state index in [2.05, 4.69) is 49.4 Å². The molecule has 3 aromatic rings. The maximum Gasteiger partial charge on any atom is 0.191 e. The van der Waals surface area contributed by atoms with E-state index in [9.17, 15) is 0 Å². The van der Waals surface area contributed by atoms with Gasteiger partial charge >= 0.3 is 0 Å². The Morgan fingerprint density at radius 2 is 1.75 bits per heavy atom. The van der Waals surface area contributed by atoms with Crippen molar-refractivity contribution in [2.24, 2.45) is 4.99 Å². The number of guanidine groups is 1. The molecule has 0 aliphatic carbocycles. The summed E-state index contributed by atoms with van der Waals surface area (Å²) in [5, 5.41) is 6.66. The van der Waals surface area contributed by atoms with Crippen molar-refractivity contribution >= 4 is 29.9 Å². The maximum absolute atomic E-state index is 5.38.